The van der Waals surface area contributed by atoms with Crippen LogP contribution >= 0.6 is 0 Å². The van der Waals surface area contributed by atoms with E-state index < -0.39 is 5.97 Å². The molecule has 1 N–H and O–H groups in total. The van der Waals surface area contributed by atoms with Crippen molar-refractivity contribution in [2.45, 2.75) is 6.42 Å². The molecule has 0 radical (unpaired) electrons. The first-order valence-electron chi connectivity index (χ1n) is 2.53. The summed E-state index contributed by atoms with van der Waals surface area (Å²) >= 11 is 0. The molecule has 0 bridgehead atoms. The van der Waals surface area contributed by atoms with Crippen LogP contribution in [-0.4, -0.2) is 23.6 Å². The molecular formula is C6H6O4. The van der Waals surface area contributed by atoms with E-state index in [1.54, 1.807) is 0 Å². The van der Waals surface area contributed by atoms with E-state index in [2.05, 4.69) is 0 Å². The van der Waals surface area contributed by atoms with Crippen LogP contribution < -0.4 is 0 Å². The zero-order valence-corrected chi connectivity index (χ0v) is 5.11. The number of hydrogen-bond acceptors (Lipinski definition) is 3. The highest BCUT2D eigenvalue weighted by Crippen LogP contribution is 1.96. The molecule has 0 heterocycles. The average molecular weight is 142 g/mol. The van der Waals surface area contributed by atoms with E-state index in [9.17, 15) is 14.4 Å². The first-order chi connectivity index (χ1) is 4.72. The smallest absolute Gasteiger partial charge is 0.332 e. The van der Waals surface area contributed by atoms with Gasteiger partial charge in [0, 0.05) is 12.0 Å². The molecule has 54 valence electrons. The van der Waals surface area contributed by atoms with Gasteiger partial charge in [-0.3, -0.25) is 4.79 Å². The molecule has 0 aromatic carbocycles. The summed E-state index contributed by atoms with van der Waals surface area (Å²) in [6, 6.07) is 0. The maximum Gasteiger partial charge on any atom is 0.332 e. The van der Waals surface area contributed by atoms with Crippen molar-refractivity contribution < 1.29 is 19.5 Å². The summed E-state index contributed by atoms with van der Waals surface area (Å²) in [6.45, 7) is 0. The summed E-state index contributed by atoms with van der Waals surface area (Å²) in [5.41, 5.74) is -0.190. The van der Waals surface area contributed by atoms with Gasteiger partial charge in [0.1, 0.15) is 12.6 Å². The van der Waals surface area contributed by atoms with Crippen molar-refractivity contribution in [1.29, 1.82) is 0 Å². The van der Waals surface area contributed by atoms with Gasteiger partial charge < -0.3 is 9.90 Å². The van der Waals surface area contributed by atoms with Crippen molar-refractivity contribution >= 4 is 18.5 Å². The van der Waals surface area contributed by atoms with Gasteiger partial charge in [-0.15, -0.1) is 0 Å². The number of carbonyl (C=O) groups excluding carboxylic acids is 2. The van der Waals surface area contributed by atoms with Gasteiger partial charge in [-0.2, -0.15) is 0 Å². The van der Waals surface area contributed by atoms with Crippen LogP contribution in [-0.2, 0) is 14.4 Å². The van der Waals surface area contributed by atoms with Crippen molar-refractivity contribution in [3.63, 3.8) is 0 Å². The van der Waals surface area contributed by atoms with E-state index >= 15 is 0 Å². The fourth-order valence-electron chi connectivity index (χ4n) is 0.399. The Kier molecular flexibility index (Phi) is 3.79. The van der Waals surface area contributed by atoms with Crippen LogP contribution in [0.3, 0.4) is 0 Å². The Morgan fingerprint density at radius 1 is 1.40 bits per heavy atom. The molecule has 0 amide bonds. The van der Waals surface area contributed by atoms with E-state index in [1.807, 2.05) is 0 Å². The summed E-state index contributed by atoms with van der Waals surface area (Å²) in [7, 11) is 0. The van der Waals surface area contributed by atoms with Crippen LogP contribution in [0.25, 0.3) is 0 Å². The SMILES string of the molecule is O=C/C=C(/CC=O)C(=O)O. The summed E-state index contributed by atoms with van der Waals surface area (Å²) in [5.74, 6) is -1.24. The molecule has 4 nitrogen and oxygen atoms in total. The topological polar surface area (TPSA) is 71.4 Å². The predicted molar refractivity (Wildman–Crippen MR) is 32.5 cm³/mol. The quantitative estimate of drug-likeness (QED) is 0.435. The zero-order valence-electron chi connectivity index (χ0n) is 5.11. The third kappa shape index (κ3) is 2.76. The fraction of sp³-hybridized carbons (Fsp3) is 0.167. The standard InChI is InChI=1S/C6H6O4/c7-3-1-5(2-4-8)6(9)10/h1,3-4H,2H2,(H,9,10)/b5-1-. The van der Waals surface area contributed by atoms with Gasteiger partial charge in [0.2, 0.25) is 0 Å². The van der Waals surface area contributed by atoms with Crippen molar-refractivity contribution in [3.8, 4) is 0 Å². The van der Waals surface area contributed by atoms with Crippen LogP contribution in [0.4, 0.5) is 0 Å². The lowest BCUT2D eigenvalue weighted by atomic mass is 10.2. The Labute approximate surface area is 57.2 Å². The first-order valence-corrected chi connectivity index (χ1v) is 2.53. The fourth-order valence-corrected chi connectivity index (χ4v) is 0.399. The second-order valence-electron chi connectivity index (χ2n) is 1.50. The summed E-state index contributed by atoms with van der Waals surface area (Å²) < 4.78 is 0. The number of carboxylic acids is 1. The molecule has 0 aliphatic carbocycles. The summed E-state index contributed by atoms with van der Waals surface area (Å²) in [5, 5.41) is 8.25. The molecule has 0 aromatic rings. The highest BCUT2D eigenvalue weighted by molar-refractivity contribution is 5.93. The highest BCUT2D eigenvalue weighted by atomic mass is 16.4. The van der Waals surface area contributed by atoms with Crippen molar-refractivity contribution in [3.05, 3.63) is 11.6 Å². The molecule has 0 saturated heterocycles. The van der Waals surface area contributed by atoms with E-state index in [0.29, 0.717) is 12.6 Å². The lowest BCUT2D eigenvalue weighted by molar-refractivity contribution is -0.133. The van der Waals surface area contributed by atoms with Gasteiger partial charge >= 0.3 is 5.97 Å². The third-order valence-electron chi connectivity index (χ3n) is 0.847. The Morgan fingerprint density at radius 2 is 2.00 bits per heavy atom. The average Bonchev–Trinajstić information content (AvgIpc) is 1.87. The van der Waals surface area contributed by atoms with E-state index in [0.717, 1.165) is 6.08 Å². The van der Waals surface area contributed by atoms with Crippen molar-refractivity contribution in [1.82, 2.24) is 0 Å². The molecular weight excluding hydrogens is 136 g/mol. The predicted octanol–water partition coefficient (Wildman–Crippen LogP) is -0.215. The van der Waals surface area contributed by atoms with Crippen molar-refractivity contribution in [2.75, 3.05) is 0 Å². The monoisotopic (exact) mass is 142 g/mol. The minimum atomic E-state index is -1.24. The largest absolute Gasteiger partial charge is 0.478 e. The van der Waals surface area contributed by atoms with Gasteiger partial charge in [0.25, 0.3) is 0 Å². The highest BCUT2D eigenvalue weighted by Gasteiger charge is 2.03. The number of allylic oxidation sites excluding steroid dienone is 1. The summed E-state index contributed by atoms with van der Waals surface area (Å²) in [6.07, 6.45) is 1.40. The molecule has 0 aliphatic heterocycles. The maximum atomic E-state index is 10.1. The van der Waals surface area contributed by atoms with E-state index in [4.69, 9.17) is 5.11 Å². The second kappa shape index (κ2) is 4.43. The van der Waals surface area contributed by atoms with Gasteiger partial charge in [-0.1, -0.05) is 0 Å². The lowest BCUT2D eigenvalue weighted by Gasteiger charge is -1.90. The Morgan fingerprint density at radius 3 is 2.30 bits per heavy atom. The maximum absolute atomic E-state index is 10.1. The first kappa shape index (κ1) is 8.55. The summed E-state index contributed by atoms with van der Waals surface area (Å²) in [4.78, 5) is 29.6. The van der Waals surface area contributed by atoms with Crippen LogP contribution in [0.15, 0.2) is 11.6 Å². The number of aliphatic carboxylic acids is 1. The Balaban J connectivity index is 4.24. The third-order valence-corrected chi connectivity index (χ3v) is 0.847. The Bertz CT molecular complexity index is 180. The lowest BCUT2D eigenvalue weighted by Crippen LogP contribution is -2.01. The molecule has 0 unspecified atom stereocenters. The molecule has 0 saturated carbocycles. The van der Waals surface area contributed by atoms with Crippen LogP contribution in [0.1, 0.15) is 6.42 Å². The minimum Gasteiger partial charge on any atom is -0.478 e. The molecule has 0 fully saturated rings. The molecule has 10 heavy (non-hydrogen) atoms. The van der Waals surface area contributed by atoms with Crippen LogP contribution in [0.5, 0.6) is 0 Å². The molecule has 0 spiro atoms. The van der Waals surface area contributed by atoms with Crippen LogP contribution in [0.2, 0.25) is 0 Å². The van der Waals surface area contributed by atoms with Gasteiger partial charge in [-0.05, 0) is 6.08 Å². The Hall–Kier alpha value is -1.45. The normalized spacial score (nSPS) is 10.6. The number of carbonyl (C=O) groups is 3. The number of hydrogen-bond donors (Lipinski definition) is 1. The molecule has 0 atom stereocenters. The minimum absolute atomic E-state index is 0.190. The number of aldehydes is 2. The van der Waals surface area contributed by atoms with Crippen LogP contribution in [0, 0.1) is 0 Å². The van der Waals surface area contributed by atoms with Crippen molar-refractivity contribution in [2.24, 2.45) is 0 Å². The van der Waals surface area contributed by atoms with E-state index in [-0.39, 0.29) is 12.0 Å². The molecule has 0 aromatic heterocycles. The van der Waals surface area contributed by atoms with Gasteiger partial charge in [-0.25, -0.2) is 4.79 Å². The van der Waals surface area contributed by atoms with Gasteiger partial charge in [0.15, 0.2) is 0 Å². The molecule has 0 aliphatic rings. The molecule has 4 heteroatoms. The molecule has 0 rings (SSSR count). The second-order valence-corrected chi connectivity index (χ2v) is 1.50. The van der Waals surface area contributed by atoms with E-state index in [1.165, 1.54) is 0 Å². The number of rotatable bonds is 4. The number of carboxylic acid groups (broad SMARTS) is 1. The zero-order chi connectivity index (χ0) is 7.98. The van der Waals surface area contributed by atoms with Gasteiger partial charge in [0.05, 0.1) is 0 Å².